The van der Waals surface area contributed by atoms with Crippen LogP contribution in [0.2, 0.25) is 10.0 Å². The molecule has 3 heterocycles. The number of ether oxygens (including phenoxy) is 1. The van der Waals surface area contributed by atoms with E-state index in [4.69, 9.17) is 45.1 Å². The van der Waals surface area contributed by atoms with Gasteiger partial charge in [0, 0.05) is 28.3 Å². The Balaban J connectivity index is 1.42. The molecule has 2 fully saturated rings. The predicted molar refractivity (Wildman–Crippen MR) is 163 cm³/mol. The standard InChI is InChI=1S/C31H30Cl2N4OS/c1-19-17-25(20(2)36(19)28-15-10-21(32)18-26(28)33)30-29(27-9-5-6-16-34-27)35-31(39)37(30)22-11-13-24(14-12-22)38-23-7-3-4-8-23/h5-6,9-18,23,29-30H,3-4,7-8H2,1-2H3,(H,35,39). The van der Waals surface area contributed by atoms with E-state index in [0.717, 1.165) is 52.6 Å². The Morgan fingerprint density at radius 2 is 1.74 bits per heavy atom. The summed E-state index contributed by atoms with van der Waals surface area (Å²) in [6.45, 7) is 4.22. The van der Waals surface area contributed by atoms with E-state index in [1.807, 2.05) is 36.5 Å². The number of thiocarbonyl (C=S) groups is 1. The van der Waals surface area contributed by atoms with Crippen LogP contribution in [0.15, 0.2) is 72.9 Å². The van der Waals surface area contributed by atoms with Crippen molar-refractivity contribution in [2.45, 2.75) is 57.7 Å². The molecule has 6 rings (SSSR count). The van der Waals surface area contributed by atoms with Crippen LogP contribution < -0.4 is 15.0 Å². The maximum Gasteiger partial charge on any atom is 0.174 e. The van der Waals surface area contributed by atoms with Crippen LogP contribution in [0.5, 0.6) is 5.75 Å². The van der Waals surface area contributed by atoms with Gasteiger partial charge >= 0.3 is 0 Å². The number of benzene rings is 2. The molecule has 2 aromatic heterocycles. The first-order valence-electron chi connectivity index (χ1n) is 13.3. The maximum atomic E-state index is 6.65. The number of pyridine rings is 1. The molecule has 5 nitrogen and oxygen atoms in total. The molecule has 0 spiro atoms. The van der Waals surface area contributed by atoms with Gasteiger partial charge in [0.1, 0.15) is 5.75 Å². The first-order valence-corrected chi connectivity index (χ1v) is 14.5. The van der Waals surface area contributed by atoms with E-state index in [2.05, 4.69) is 59.0 Å². The molecule has 200 valence electrons. The van der Waals surface area contributed by atoms with Crippen molar-refractivity contribution in [3.05, 3.63) is 106 Å². The number of hydrogen-bond acceptors (Lipinski definition) is 3. The monoisotopic (exact) mass is 576 g/mol. The molecule has 0 radical (unpaired) electrons. The molecule has 1 N–H and O–H groups in total. The molecule has 4 aromatic rings. The van der Waals surface area contributed by atoms with Crippen LogP contribution in [0, 0.1) is 13.8 Å². The quantitative estimate of drug-likeness (QED) is 0.234. The smallest absolute Gasteiger partial charge is 0.174 e. The fraction of sp³-hybridized carbons (Fsp3) is 0.290. The van der Waals surface area contributed by atoms with Crippen molar-refractivity contribution < 1.29 is 4.74 Å². The molecule has 1 saturated heterocycles. The minimum atomic E-state index is -0.136. The van der Waals surface area contributed by atoms with E-state index in [0.29, 0.717) is 21.3 Å². The van der Waals surface area contributed by atoms with Crippen LogP contribution in [-0.2, 0) is 0 Å². The molecular formula is C31H30Cl2N4OS. The number of hydrogen-bond donors (Lipinski definition) is 1. The zero-order valence-electron chi connectivity index (χ0n) is 21.9. The number of aromatic nitrogens is 2. The van der Waals surface area contributed by atoms with Crippen LogP contribution >= 0.6 is 35.4 Å². The Kier molecular flexibility index (Phi) is 7.27. The number of aryl methyl sites for hydroxylation is 1. The van der Waals surface area contributed by atoms with Gasteiger partial charge in [0.25, 0.3) is 0 Å². The highest BCUT2D eigenvalue weighted by Crippen LogP contribution is 2.44. The fourth-order valence-corrected chi connectivity index (χ4v) is 6.79. The molecule has 0 bridgehead atoms. The van der Waals surface area contributed by atoms with E-state index < -0.39 is 0 Å². The lowest BCUT2D eigenvalue weighted by Gasteiger charge is -2.28. The lowest BCUT2D eigenvalue weighted by Crippen LogP contribution is -2.29. The molecule has 2 atom stereocenters. The number of anilines is 1. The predicted octanol–water partition coefficient (Wildman–Crippen LogP) is 8.29. The summed E-state index contributed by atoms with van der Waals surface area (Å²) < 4.78 is 8.41. The van der Waals surface area contributed by atoms with Gasteiger partial charge in [-0.2, -0.15) is 0 Å². The van der Waals surface area contributed by atoms with Crippen molar-refractivity contribution in [3.8, 4) is 11.4 Å². The summed E-state index contributed by atoms with van der Waals surface area (Å²) in [5.74, 6) is 0.900. The van der Waals surface area contributed by atoms with Crippen molar-refractivity contribution in [1.29, 1.82) is 0 Å². The Morgan fingerprint density at radius 3 is 2.44 bits per heavy atom. The Morgan fingerprint density at radius 1 is 0.974 bits per heavy atom. The van der Waals surface area contributed by atoms with Crippen molar-refractivity contribution in [1.82, 2.24) is 14.9 Å². The van der Waals surface area contributed by atoms with Crippen LogP contribution in [0.4, 0.5) is 5.69 Å². The van der Waals surface area contributed by atoms with Gasteiger partial charge in [0.15, 0.2) is 5.11 Å². The van der Waals surface area contributed by atoms with Crippen molar-refractivity contribution in [2.75, 3.05) is 4.90 Å². The molecule has 8 heteroatoms. The molecule has 39 heavy (non-hydrogen) atoms. The van der Waals surface area contributed by atoms with Gasteiger partial charge in [0.05, 0.1) is 34.6 Å². The molecular weight excluding hydrogens is 547 g/mol. The highest BCUT2D eigenvalue weighted by atomic mass is 35.5. The molecule has 1 aliphatic heterocycles. The summed E-state index contributed by atoms with van der Waals surface area (Å²) in [5.41, 5.74) is 6.13. The Bertz CT molecular complexity index is 1500. The second-order valence-corrected chi connectivity index (χ2v) is 11.5. The van der Waals surface area contributed by atoms with Gasteiger partial charge in [-0.1, -0.05) is 29.3 Å². The van der Waals surface area contributed by atoms with Gasteiger partial charge in [-0.3, -0.25) is 4.98 Å². The minimum Gasteiger partial charge on any atom is -0.490 e. The van der Waals surface area contributed by atoms with Crippen LogP contribution in [0.25, 0.3) is 5.69 Å². The average Bonchev–Trinajstić information content (AvgIpc) is 3.63. The summed E-state index contributed by atoms with van der Waals surface area (Å²) in [7, 11) is 0. The van der Waals surface area contributed by atoms with Gasteiger partial charge in [-0.05, 0) is 118 Å². The number of halogens is 2. The summed E-state index contributed by atoms with van der Waals surface area (Å²) in [6, 6.07) is 21.9. The van der Waals surface area contributed by atoms with Crippen molar-refractivity contribution >= 4 is 46.2 Å². The van der Waals surface area contributed by atoms with Crippen LogP contribution in [0.3, 0.4) is 0 Å². The van der Waals surface area contributed by atoms with E-state index >= 15 is 0 Å². The molecule has 2 unspecified atom stereocenters. The lowest BCUT2D eigenvalue weighted by atomic mass is 9.96. The maximum absolute atomic E-state index is 6.65. The van der Waals surface area contributed by atoms with Crippen LogP contribution in [-0.4, -0.2) is 20.8 Å². The Labute approximate surface area is 244 Å². The minimum absolute atomic E-state index is 0.125. The van der Waals surface area contributed by atoms with E-state index in [9.17, 15) is 0 Å². The largest absolute Gasteiger partial charge is 0.490 e. The zero-order chi connectivity index (χ0) is 27.1. The highest BCUT2D eigenvalue weighted by Gasteiger charge is 2.42. The number of nitrogens with zero attached hydrogens (tertiary/aromatic N) is 3. The molecule has 2 aromatic carbocycles. The highest BCUT2D eigenvalue weighted by molar-refractivity contribution is 7.80. The van der Waals surface area contributed by atoms with Crippen molar-refractivity contribution in [2.24, 2.45) is 0 Å². The first kappa shape index (κ1) is 26.2. The summed E-state index contributed by atoms with van der Waals surface area (Å²) in [6.07, 6.45) is 6.88. The van der Waals surface area contributed by atoms with Crippen LogP contribution in [0.1, 0.15) is 60.4 Å². The van der Waals surface area contributed by atoms with E-state index in [1.165, 1.54) is 12.8 Å². The molecule has 1 saturated carbocycles. The van der Waals surface area contributed by atoms with E-state index in [-0.39, 0.29) is 12.1 Å². The lowest BCUT2D eigenvalue weighted by molar-refractivity contribution is 0.210. The third-order valence-corrected chi connectivity index (χ3v) is 8.61. The third-order valence-electron chi connectivity index (χ3n) is 7.76. The van der Waals surface area contributed by atoms with Gasteiger partial charge in [-0.25, -0.2) is 0 Å². The van der Waals surface area contributed by atoms with Gasteiger partial charge in [0.2, 0.25) is 0 Å². The Hall–Kier alpha value is -3.06. The number of rotatable bonds is 6. The second kappa shape index (κ2) is 10.8. The summed E-state index contributed by atoms with van der Waals surface area (Å²) in [5, 5.41) is 5.44. The first-order chi connectivity index (χ1) is 18.9. The molecule has 1 aliphatic carbocycles. The topological polar surface area (TPSA) is 42.3 Å². The molecule has 0 amide bonds. The van der Waals surface area contributed by atoms with E-state index in [1.54, 1.807) is 6.07 Å². The summed E-state index contributed by atoms with van der Waals surface area (Å²) in [4.78, 5) is 6.90. The van der Waals surface area contributed by atoms with Gasteiger partial charge < -0.3 is 19.5 Å². The second-order valence-electron chi connectivity index (χ2n) is 10.3. The third kappa shape index (κ3) is 5.02. The van der Waals surface area contributed by atoms with Gasteiger partial charge in [-0.15, -0.1) is 0 Å². The zero-order valence-corrected chi connectivity index (χ0v) is 24.2. The number of nitrogens with one attached hydrogen (secondary N) is 1. The molecule has 2 aliphatic rings. The SMILES string of the molecule is Cc1cc(C2C(c3ccccn3)NC(=S)N2c2ccc(OC3CCCC3)cc2)c(C)n1-c1ccc(Cl)cc1Cl. The normalized spacial score (nSPS) is 19.5. The average molecular weight is 578 g/mol. The van der Waals surface area contributed by atoms with Crippen molar-refractivity contribution in [3.63, 3.8) is 0 Å². The fourth-order valence-electron chi connectivity index (χ4n) is 5.95. The summed E-state index contributed by atoms with van der Waals surface area (Å²) >= 11 is 18.8.